The van der Waals surface area contributed by atoms with Crippen molar-refractivity contribution in [3.05, 3.63) is 77.1 Å². The lowest BCUT2D eigenvalue weighted by atomic mass is 9.78. The number of aliphatic hydroxyl groups is 1. The molecule has 6 heteroatoms. The zero-order valence-electron chi connectivity index (χ0n) is 23.0. The summed E-state index contributed by atoms with van der Waals surface area (Å²) in [4.78, 5) is 15.9. The lowest BCUT2D eigenvalue weighted by Gasteiger charge is -2.36. The lowest BCUT2D eigenvalue weighted by molar-refractivity contribution is -0.124. The SMILES string of the molecule is COc1ccc([C@H]2CC[C@H](CN(c3cccc(C#Cc4cc[nH]n4)c3)C(=O)[C@H]3CC[C@H](O)CC3)CC2)cc1C. The first-order valence-electron chi connectivity index (χ1n) is 14.3. The van der Waals surface area contributed by atoms with Crippen LogP contribution in [0.1, 0.15) is 79.7 Å². The fourth-order valence-electron chi connectivity index (χ4n) is 6.18. The van der Waals surface area contributed by atoms with Crippen LogP contribution in [0.3, 0.4) is 0 Å². The number of aryl methyl sites for hydroxylation is 1. The molecule has 0 atom stereocenters. The third-order valence-electron chi connectivity index (χ3n) is 8.48. The highest BCUT2D eigenvalue weighted by molar-refractivity contribution is 5.95. The van der Waals surface area contributed by atoms with Crippen LogP contribution in [0.15, 0.2) is 54.7 Å². The number of carbonyl (C=O) groups excluding carboxylic acids is 1. The van der Waals surface area contributed by atoms with Crippen molar-refractivity contribution in [1.82, 2.24) is 10.2 Å². The van der Waals surface area contributed by atoms with Gasteiger partial charge in [0, 0.05) is 29.9 Å². The minimum absolute atomic E-state index is 0.0363. The second kappa shape index (κ2) is 12.5. The number of nitrogens with zero attached hydrogens (tertiary/aromatic N) is 2. The highest BCUT2D eigenvalue weighted by atomic mass is 16.5. The monoisotopic (exact) mass is 525 g/mol. The molecule has 5 rings (SSSR count). The molecule has 204 valence electrons. The van der Waals surface area contributed by atoms with Crippen LogP contribution < -0.4 is 9.64 Å². The van der Waals surface area contributed by atoms with E-state index in [1.807, 2.05) is 35.2 Å². The molecule has 0 saturated heterocycles. The molecule has 2 N–H and O–H groups in total. The van der Waals surface area contributed by atoms with E-state index in [0.717, 1.165) is 62.1 Å². The highest BCUT2D eigenvalue weighted by Gasteiger charge is 2.32. The van der Waals surface area contributed by atoms with Gasteiger partial charge in [0.1, 0.15) is 11.4 Å². The van der Waals surface area contributed by atoms with Crippen molar-refractivity contribution in [2.24, 2.45) is 11.8 Å². The number of rotatable bonds is 6. The summed E-state index contributed by atoms with van der Waals surface area (Å²) in [6, 6.07) is 16.4. The van der Waals surface area contributed by atoms with Crippen LogP contribution in [0.5, 0.6) is 5.75 Å². The molecule has 3 aromatic rings. The minimum atomic E-state index is -0.278. The molecular formula is C33H39N3O3. The number of hydrogen-bond acceptors (Lipinski definition) is 4. The summed E-state index contributed by atoms with van der Waals surface area (Å²) in [5.41, 5.74) is 5.04. The van der Waals surface area contributed by atoms with Crippen LogP contribution in [-0.2, 0) is 4.79 Å². The number of methoxy groups -OCH3 is 1. The standard InChI is InChI=1S/C33H39N3O3/c1-23-20-28(13-17-32(23)39-2)26-9-6-25(7-10-26)22-36(33(38)27-11-15-31(37)16-12-27)30-5-3-4-24(21-30)8-14-29-18-19-34-35-29/h3-5,13,17-21,25-27,31,37H,6-7,9-12,15-16,22H2,1-2H3,(H,34,35)/t25-,26-,27-,31-. The Labute approximate surface area is 231 Å². The number of benzene rings is 2. The normalized spacial score (nSPS) is 22.9. The van der Waals surface area contributed by atoms with Crippen LogP contribution in [0.25, 0.3) is 0 Å². The number of nitrogens with one attached hydrogen (secondary N) is 1. The van der Waals surface area contributed by atoms with Crippen molar-refractivity contribution < 1.29 is 14.6 Å². The average molecular weight is 526 g/mol. The van der Waals surface area contributed by atoms with Crippen molar-refractivity contribution >= 4 is 11.6 Å². The van der Waals surface area contributed by atoms with Gasteiger partial charge in [0.05, 0.1) is 13.2 Å². The summed E-state index contributed by atoms with van der Waals surface area (Å²) in [7, 11) is 1.72. The molecule has 1 amide bonds. The second-order valence-electron chi connectivity index (χ2n) is 11.2. The van der Waals surface area contributed by atoms with E-state index < -0.39 is 0 Å². The Bertz CT molecular complexity index is 1310. The van der Waals surface area contributed by atoms with E-state index in [-0.39, 0.29) is 17.9 Å². The molecule has 2 aromatic carbocycles. The number of hydrogen-bond donors (Lipinski definition) is 2. The van der Waals surface area contributed by atoms with Crippen molar-refractivity contribution in [3.63, 3.8) is 0 Å². The van der Waals surface area contributed by atoms with E-state index >= 15 is 0 Å². The Kier molecular flexibility index (Phi) is 8.68. The number of aliphatic hydroxyl groups excluding tert-OH is 1. The van der Waals surface area contributed by atoms with Crippen LogP contribution >= 0.6 is 0 Å². The number of H-pyrrole nitrogens is 1. The van der Waals surface area contributed by atoms with Gasteiger partial charge in [-0.3, -0.25) is 9.89 Å². The molecule has 0 unspecified atom stereocenters. The van der Waals surface area contributed by atoms with Crippen molar-refractivity contribution in [2.45, 2.75) is 70.3 Å². The summed E-state index contributed by atoms with van der Waals surface area (Å²) < 4.78 is 5.45. The first-order chi connectivity index (χ1) is 19.0. The first kappa shape index (κ1) is 27.0. The third-order valence-corrected chi connectivity index (χ3v) is 8.48. The molecule has 2 fully saturated rings. The van der Waals surface area contributed by atoms with Crippen molar-refractivity contribution in [1.29, 1.82) is 0 Å². The Hall–Kier alpha value is -3.56. The third kappa shape index (κ3) is 6.72. The Morgan fingerprint density at radius 2 is 1.82 bits per heavy atom. The Morgan fingerprint density at radius 1 is 1.03 bits per heavy atom. The lowest BCUT2D eigenvalue weighted by Crippen LogP contribution is -2.41. The van der Waals surface area contributed by atoms with Gasteiger partial charge in [-0.05, 0) is 118 Å². The summed E-state index contributed by atoms with van der Waals surface area (Å²) in [5, 5.41) is 16.9. The van der Waals surface area contributed by atoms with Gasteiger partial charge < -0.3 is 14.7 Å². The molecule has 39 heavy (non-hydrogen) atoms. The van der Waals surface area contributed by atoms with Crippen LogP contribution in [0.4, 0.5) is 5.69 Å². The number of amides is 1. The summed E-state index contributed by atoms with van der Waals surface area (Å²) in [6.07, 6.45) is 8.83. The Balaban J connectivity index is 1.31. The van der Waals surface area contributed by atoms with E-state index in [4.69, 9.17) is 4.74 Å². The topological polar surface area (TPSA) is 78.5 Å². The van der Waals surface area contributed by atoms with E-state index in [2.05, 4.69) is 47.2 Å². The van der Waals surface area contributed by atoms with Gasteiger partial charge in [0.2, 0.25) is 5.91 Å². The molecule has 2 saturated carbocycles. The summed E-state index contributed by atoms with van der Waals surface area (Å²) in [5.74, 6) is 8.38. The van der Waals surface area contributed by atoms with Gasteiger partial charge in [-0.25, -0.2) is 0 Å². The van der Waals surface area contributed by atoms with Gasteiger partial charge in [0.15, 0.2) is 0 Å². The van der Waals surface area contributed by atoms with Crippen molar-refractivity contribution in [2.75, 3.05) is 18.6 Å². The van der Waals surface area contributed by atoms with Gasteiger partial charge in [0.25, 0.3) is 0 Å². The van der Waals surface area contributed by atoms with Gasteiger partial charge in [-0.15, -0.1) is 0 Å². The largest absolute Gasteiger partial charge is 0.496 e. The van der Waals surface area contributed by atoms with E-state index in [1.165, 1.54) is 11.1 Å². The predicted octanol–water partition coefficient (Wildman–Crippen LogP) is 5.98. The van der Waals surface area contributed by atoms with Crippen LogP contribution in [0.2, 0.25) is 0 Å². The molecule has 0 radical (unpaired) electrons. The summed E-state index contributed by atoms with van der Waals surface area (Å²) in [6.45, 7) is 2.83. The number of aromatic amines is 1. The van der Waals surface area contributed by atoms with E-state index in [0.29, 0.717) is 30.4 Å². The Morgan fingerprint density at radius 3 is 2.51 bits per heavy atom. The zero-order chi connectivity index (χ0) is 27.2. The molecule has 2 aliphatic rings. The number of aromatic nitrogens is 2. The molecular weight excluding hydrogens is 486 g/mol. The smallest absolute Gasteiger partial charge is 0.230 e. The van der Waals surface area contributed by atoms with Crippen LogP contribution in [-0.4, -0.2) is 41.0 Å². The number of ether oxygens (including phenoxy) is 1. The zero-order valence-corrected chi connectivity index (χ0v) is 23.0. The van der Waals surface area contributed by atoms with Crippen molar-refractivity contribution in [3.8, 4) is 17.6 Å². The van der Waals surface area contributed by atoms with E-state index in [1.54, 1.807) is 13.3 Å². The maximum absolute atomic E-state index is 13.9. The number of carbonyl (C=O) groups is 1. The minimum Gasteiger partial charge on any atom is -0.496 e. The quantitative estimate of drug-likeness (QED) is 0.388. The fourth-order valence-corrected chi connectivity index (χ4v) is 6.18. The molecule has 0 spiro atoms. The molecule has 1 heterocycles. The molecule has 1 aromatic heterocycles. The second-order valence-corrected chi connectivity index (χ2v) is 11.2. The molecule has 2 aliphatic carbocycles. The first-order valence-corrected chi connectivity index (χ1v) is 14.3. The maximum Gasteiger partial charge on any atom is 0.230 e. The van der Waals surface area contributed by atoms with Crippen LogP contribution in [0, 0.1) is 30.6 Å². The van der Waals surface area contributed by atoms with E-state index in [9.17, 15) is 9.90 Å². The van der Waals surface area contributed by atoms with Gasteiger partial charge in [-0.2, -0.15) is 5.10 Å². The number of anilines is 1. The van der Waals surface area contributed by atoms with Gasteiger partial charge in [-0.1, -0.05) is 24.1 Å². The average Bonchev–Trinajstić information content (AvgIpc) is 3.49. The fraction of sp³-hybridized carbons (Fsp3) is 0.455. The van der Waals surface area contributed by atoms with Gasteiger partial charge >= 0.3 is 0 Å². The molecule has 6 nitrogen and oxygen atoms in total. The maximum atomic E-state index is 13.9. The summed E-state index contributed by atoms with van der Waals surface area (Å²) >= 11 is 0. The molecule has 0 bridgehead atoms. The highest BCUT2D eigenvalue weighted by Crippen LogP contribution is 2.38. The molecule has 0 aliphatic heterocycles. The predicted molar refractivity (Wildman–Crippen MR) is 154 cm³/mol.